The summed E-state index contributed by atoms with van der Waals surface area (Å²) in [5.74, 6) is 0.120. The molecular formula is C34H36ClFN10O2. The Morgan fingerprint density at radius 1 is 1.15 bits per heavy atom. The zero-order valence-corrected chi connectivity index (χ0v) is 27.4. The van der Waals surface area contributed by atoms with Gasteiger partial charge in [-0.1, -0.05) is 29.8 Å². The van der Waals surface area contributed by atoms with Crippen molar-refractivity contribution in [2.75, 3.05) is 56.2 Å². The molecule has 0 spiro atoms. The van der Waals surface area contributed by atoms with E-state index in [-0.39, 0.29) is 29.4 Å². The number of nitrogens with zero attached hydrogens (tertiary/aromatic N) is 10. The third-order valence-corrected chi connectivity index (χ3v) is 9.92. The number of likely N-dealkylation sites (N-methyl/N-ethyl adjacent to an activating group) is 1. The lowest BCUT2D eigenvalue weighted by atomic mass is 10.0. The molecule has 1 amide bonds. The summed E-state index contributed by atoms with van der Waals surface area (Å²) in [5, 5.41) is 15.4. The van der Waals surface area contributed by atoms with E-state index in [4.69, 9.17) is 26.3 Å². The number of likely N-dealkylation sites (tertiary alicyclic amines) is 1. The SMILES string of the molecule is CN1CCC[C@H]1COc1nc2c(c(N3CCN(C(=O)/C=C/n4cncn4)[C@@H](CC#N)C3)n1)CCN(c1cccc3ccc(F)c(Cl)c13)C2. The second-order valence-corrected chi connectivity index (χ2v) is 12.8. The van der Waals surface area contributed by atoms with Crippen LogP contribution in [0.1, 0.15) is 30.5 Å². The van der Waals surface area contributed by atoms with Crippen molar-refractivity contribution in [3.8, 4) is 12.1 Å². The van der Waals surface area contributed by atoms with Crippen LogP contribution in [0.15, 0.2) is 49.1 Å². The van der Waals surface area contributed by atoms with Crippen LogP contribution in [0.25, 0.3) is 17.0 Å². The topological polar surface area (TPSA) is 120 Å². The largest absolute Gasteiger partial charge is 0.462 e. The Kier molecular flexibility index (Phi) is 9.10. The average molecular weight is 671 g/mol. The van der Waals surface area contributed by atoms with Gasteiger partial charge in [0.25, 0.3) is 0 Å². The zero-order chi connectivity index (χ0) is 33.2. The van der Waals surface area contributed by atoms with Crippen LogP contribution in [0.4, 0.5) is 15.9 Å². The first-order valence-electron chi connectivity index (χ1n) is 16.2. The number of carbonyl (C=O) groups is 1. The van der Waals surface area contributed by atoms with E-state index >= 15 is 0 Å². The first kappa shape index (κ1) is 31.8. The maximum Gasteiger partial charge on any atom is 0.318 e. The molecule has 0 radical (unpaired) electrons. The Balaban J connectivity index is 1.19. The molecule has 2 aromatic heterocycles. The predicted molar refractivity (Wildman–Crippen MR) is 180 cm³/mol. The monoisotopic (exact) mass is 670 g/mol. The minimum absolute atomic E-state index is 0.106. The number of aromatic nitrogens is 5. The van der Waals surface area contributed by atoms with Gasteiger partial charge in [-0.05, 0) is 50.4 Å². The van der Waals surface area contributed by atoms with Crippen LogP contribution >= 0.6 is 11.6 Å². The average Bonchev–Trinajstić information content (AvgIpc) is 3.78. The summed E-state index contributed by atoms with van der Waals surface area (Å²) in [4.78, 5) is 35.4. The van der Waals surface area contributed by atoms with Crippen LogP contribution < -0.4 is 14.5 Å². The molecule has 0 bridgehead atoms. The van der Waals surface area contributed by atoms with Crippen molar-refractivity contribution >= 4 is 46.0 Å². The third kappa shape index (κ3) is 6.37. The zero-order valence-electron chi connectivity index (χ0n) is 26.7. The van der Waals surface area contributed by atoms with E-state index in [1.54, 1.807) is 17.2 Å². The Labute approximate surface area is 283 Å². The van der Waals surface area contributed by atoms with Crippen LogP contribution in [0.3, 0.4) is 0 Å². The van der Waals surface area contributed by atoms with Gasteiger partial charge in [-0.25, -0.2) is 14.1 Å². The fourth-order valence-electron chi connectivity index (χ4n) is 6.98. The van der Waals surface area contributed by atoms with Gasteiger partial charge in [0.2, 0.25) is 5.91 Å². The molecule has 0 saturated carbocycles. The van der Waals surface area contributed by atoms with Crippen molar-refractivity contribution in [2.45, 2.75) is 44.3 Å². The summed E-state index contributed by atoms with van der Waals surface area (Å²) in [6, 6.07) is 11.5. The van der Waals surface area contributed by atoms with E-state index in [9.17, 15) is 14.4 Å². The highest BCUT2D eigenvalue weighted by atomic mass is 35.5. The Morgan fingerprint density at radius 3 is 2.83 bits per heavy atom. The molecule has 0 aliphatic carbocycles. The van der Waals surface area contributed by atoms with E-state index in [1.165, 1.54) is 29.5 Å². The molecule has 248 valence electrons. The van der Waals surface area contributed by atoms with Crippen molar-refractivity contribution in [1.29, 1.82) is 5.26 Å². The Hall–Kier alpha value is -4.80. The summed E-state index contributed by atoms with van der Waals surface area (Å²) in [7, 11) is 2.10. The number of anilines is 2. The number of fused-ring (bicyclic) bond motifs is 2. The quantitative estimate of drug-likeness (QED) is 0.253. The summed E-state index contributed by atoms with van der Waals surface area (Å²) in [5.41, 5.74) is 2.69. The molecule has 0 unspecified atom stereocenters. The Morgan fingerprint density at radius 2 is 2.04 bits per heavy atom. The van der Waals surface area contributed by atoms with Crippen LogP contribution in [0, 0.1) is 17.1 Å². The predicted octanol–water partition coefficient (Wildman–Crippen LogP) is 4.15. The molecule has 12 nitrogen and oxygen atoms in total. The van der Waals surface area contributed by atoms with E-state index in [2.05, 4.69) is 37.9 Å². The molecule has 2 fully saturated rings. The molecule has 5 heterocycles. The van der Waals surface area contributed by atoms with E-state index in [0.29, 0.717) is 57.1 Å². The van der Waals surface area contributed by atoms with E-state index < -0.39 is 5.82 Å². The first-order valence-corrected chi connectivity index (χ1v) is 16.6. The molecule has 0 N–H and O–H groups in total. The molecule has 48 heavy (non-hydrogen) atoms. The molecule has 2 aromatic carbocycles. The van der Waals surface area contributed by atoms with Crippen molar-refractivity contribution in [3.05, 3.63) is 71.2 Å². The summed E-state index contributed by atoms with van der Waals surface area (Å²) in [6.45, 7) is 4.01. The highest BCUT2D eigenvalue weighted by Gasteiger charge is 2.34. The second kappa shape index (κ2) is 13.7. The highest BCUT2D eigenvalue weighted by molar-refractivity contribution is 6.36. The van der Waals surface area contributed by atoms with Gasteiger partial charge in [-0.2, -0.15) is 20.3 Å². The standard InChI is InChI=1S/C34H36ClFN10O2/c1-42-13-3-5-25(42)20-48-34-40-28-19-43(29-6-2-4-23-7-8-27(36)32(35)31(23)29)14-10-26(28)33(41-34)44-16-17-46(24(18-44)9-12-37)30(47)11-15-45-22-38-21-39-45/h2,4,6-8,11,15,21-22,24-25H,3,5,9-10,13-14,16-20H2,1H3/b15-11+/t24-,25-/m0/s1. The van der Waals surface area contributed by atoms with Crippen LogP contribution in [0.2, 0.25) is 5.02 Å². The molecular weight excluding hydrogens is 635 g/mol. The fraction of sp³-hybridized carbons (Fsp3) is 0.412. The molecule has 2 saturated heterocycles. The summed E-state index contributed by atoms with van der Waals surface area (Å²) >= 11 is 6.52. The molecule has 2 atom stereocenters. The van der Waals surface area contributed by atoms with Gasteiger partial charge in [-0.15, -0.1) is 0 Å². The number of hydrogen-bond acceptors (Lipinski definition) is 10. The molecule has 14 heteroatoms. The summed E-state index contributed by atoms with van der Waals surface area (Å²) < 4.78 is 22.3. The first-order chi connectivity index (χ1) is 23.4. The number of piperazine rings is 1. The van der Waals surface area contributed by atoms with E-state index in [1.807, 2.05) is 18.2 Å². The number of nitriles is 1. The van der Waals surface area contributed by atoms with Crippen LogP contribution in [-0.4, -0.2) is 98.9 Å². The van der Waals surface area contributed by atoms with Gasteiger partial charge in [0.05, 0.1) is 35.8 Å². The number of halogens is 2. The fourth-order valence-corrected chi connectivity index (χ4v) is 7.25. The van der Waals surface area contributed by atoms with Gasteiger partial charge in [0, 0.05) is 61.1 Å². The molecule has 4 aromatic rings. The van der Waals surface area contributed by atoms with Gasteiger partial charge in [0.1, 0.15) is 30.9 Å². The number of benzene rings is 2. The number of rotatable bonds is 8. The van der Waals surface area contributed by atoms with Crippen molar-refractivity contribution in [1.82, 2.24) is 34.5 Å². The highest BCUT2D eigenvalue weighted by Crippen LogP contribution is 2.38. The Bertz CT molecular complexity index is 1880. The lowest BCUT2D eigenvalue weighted by Gasteiger charge is -2.42. The second-order valence-electron chi connectivity index (χ2n) is 12.4. The van der Waals surface area contributed by atoms with Crippen molar-refractivity contribution in [2.24, 2.45) is 0 Å². The minimum Gasteiger partial charge on any atom is -0.462 e. The third-order valence-electron chi connectivity index (χ3n) is 9.55. The molecule has 7 rings (SSSR count). The normalized spacial score (nSPS) is 20.0. The maximum absolute atomic E-state index is 14.6. The molecule has 3 aliphatic rings. The van der Waals surface area contributed by atoms with Gasteiger partial charge in [0.15, 0.2) is 0 Å². The van der Waals surface area contributed by atoms with Crippen LogP contribution in [-0.2, 0) is 17.8 Å². The maximum atomic E-state index is 14.6. The van der Waals surface area contributed by atoms with Crippen LogP contribution in [0.5, 0.6) is 6.01 Å². The van der Waals surface area contributed by atoms with Crippen molar-refractivity contribution < 1.29 is 13.9 Å². The van der Waals surface area contributed by atoms with E-state index in [0.717, 1.165) is 47.5 Å². The summed E-state index contributed by atoms with van der Waals surface area (Å²) in [6.07, 6.45) is 8.91. The van der Waals surface area contributed by atoms with Gasteiger partial charge in [-0.3, -0.25) is 4.79 Å². The van der Waals surface area contributed by atoms with Gasteiger partial charge < -0.3 is 24.3 Å². The lowest BCUT2D eigenvalue weighted by Crippen LogP contribution is -2.55. The smallest absolute Gasteiger partial charge is 0.318 e. The van der Waals surface area contributed by atoms with Crippen molar-refractivity contribution in [3.63, 3.8) is 0 Å². The molecule has 3 aliphatic heterocycles. The number of ether oxygens (including phenoxy) is 1. The number of amides is 1. The van der Waals surface area contributed by atoms with Gasteiger partial charge >= 0.3 is 6.01 Å². The number of hydrogen-bond donors (Lipinski definition) is 0. The minimum atomic E-state index is -0.454. The number of carbonyl (C=O) groups excluding carboxylic acids is 1. The lowest BCUT2D eigenvalue weighted by molar-refractivity contribution is -0.128.